The Morgan fingerprint density at radius 1 is 0.886 bits per heavy atom. The van der Waals surface area contributed by atoms with E-state index in [9.17, 15) is 14.2 Å². The van der Waals surface area contributed by atoms with Crippen LogP contribution in [0.4, 0.5) is 0 Å². The number of amidine groups is 1. The Bertz CT molecular complexity index is 1150. The molecule has 0 aliphatic heterocycles. The third-order valence-corrected chi connectivity index (χ3v) is 6.68. The summed E-state index contributed by atoms with van der Waals surface area (Å²) in [5.41, 5.74) is 6.58. The molecule has 0 spiro atoms. The lowest BCUT2D eigenvalue weighted by Gasteiger charge is -2.28. The summed E-state index contributed by atoms with van der Waals surface area (Å²) in [5, 5.41) is 17.2. The number of halogens is 1. The summed E-state index contributed by atoms with van der Waals surface area (Å²) < 4.78 is 26.1. The van der Waals surface area contributed by atoms with Crippen molar-refractivity contribution in [3.8, 4) is 11.5 Å². The molecular weight excluding hydrogens is 493 g/mol. The number of amides is 1. The molecule has 0 fully saturated rings. The predicted molar refractivity (Wildman–Crippen MR) is 126 cm³/mol. The van der Waals surface area contributed by atoms with E-state index in [1.54, 1.807) is 84.9 Å². The third-order valence-electron chi connectivity index (χ3n) is 4.69. The molecule has 1 atom stereocenters. The topological polar surface area (TPSA) is 154 Å². The predicted octanol–water partition coefficient (Wildman–Crippen LogP) is -0.514. The molecule has 1 amide bonds. The van der Waals surface area contributed by atoms with Crippen molar-refractivity contribution in [2.75, 3.05) is 0 Å². The van der Waals surface area contributed by atoms with Crippen molar-refractivity contribution in [2.24, 2.45) is 5.73 Å². The quantitative estimate of drug-likeness (QED) is 0.152. The van der Waals surface area contributed by atoms with Crippen LogP contribution in [0.25, 0.3) is 0 Å². The summed E-state index contributed by atoms with van der Waals surface area (Å²) in [4.78, 5) is 23.5. The SMILES string of the molecule is NC(=[NH2+])c1ccc(C(NC(=O)CCC(=O)O)P(=O)(Oc2ccccc2)Oc2ccccc2)cc1.[Cl-]. The summed E-state index contributed by atoms with van der Waals surface area (Å²) in [5.74, 6) is -2.39. The molecule has 0 saturated carbocycles. The average Bonchev–Trinajstić information content (AvgIpc) is 2.82. The zero-order chi connectivity index (χ0) is 24.6. The second kappa shape index (κ2) is 12.6. The zero-order valence-electron chi connectivity index (χ0n) is 18.5. The number of aliphatic carboxylic acids is 1. The van der Waals surface area contributed by atoms with Crippen LogP contribution in [0.5, 0.6) is 11.5 Å². The third kappa shape index (κ3) is 7.88. The molecule has 3 aromatic rings. The molecule has 0 radical (unpaired) electrons. The molecule has 35 heavy (non-hydrogen) atoms. The maximum Gasteiger partial charge on any atom is 0.457 e. The molecule has 9 nitrogen and oxygen atoms in total. The van der Waals surface area contributed by atoms with E-state index in [1.807, 2.05) is 0 Å². The molecule has 3 aromatic carbocycles. The number of nitrogens with two attached hydrogens (primary N) is 2. The van der Waals surface area contributed by atoms with Crippen LogP contribution in [0, 0.1) is 0 Å². The molecular formula is C24H25ClN3O6P. The maximum atomic E-state index is 14.3. The summed E-state index contributed by atoms with van der Waals surface area (Å²) >= 11 is 0. The van der Waals surface area contributed by atoms with Gasteiger partial charge in [-0.15, -0.1) is 0 Å². The van der Waals surface area contributed by atoms with Gasteiger partial charge in [-0.3, -0.25) is 20.7 Å². The van der Waals surface area contributed by atoms with Crippen LogP contribution in [0.1, 0.15) is 29.8 Å². The number of hydrogen-bond donors (Lipinski definition) is 4. The molecule has 1 unspecified atom stereocenters. The van der Waals surface area contributed by atoms with E-state index in [4.69, 9.17) is 25.3 Å². The van der Waals surface area contributed by atoms with E-state index in [2.05, 4.69) is 5.32 Å². The molecule has 184 valence electrons. The number of carboxylic acid groups (broad SMARTS) is 1. The molecule has 0 heterocycles. The lowest BCUT2D eigenvalue weighted by Crippen LogP contribution is -3.00. The van der Waals surface area contributed by atoms with E-state index in [0.29, 0.717) is 11.1 Å². The van der Waals surface area contributed by atoms with E-state index in [1.165, 1.54) is 0 Å². The number of para-hydroxylation sites is 2. The number of nitrogens with one attached hydrogen (secondary N) is 1. The van der Waals surface area contributed by atoms with Gasteiger partial charge in [-0.2, -0.15) is 0 Å². The first-order valence-electron chi connectivity index (χ1n) is 10.4. The average molecular weight is 518 g/mol. The fraction of sp³-hybridized carbons (Fsp3) is 0.125. The van der Waals surface area contributed by atoms with Crippen molar-refractivity contribution in [3.05, 3.63) is 96.1 Å². The maximum absolute atomic E-state index is 14.3. The van der Waals surface area contributed by atoms with Gasteiger partial charge in [-0.25, -0.2) is 4.57 Å². The highest BCUT2D eigenvalue weighted by atomic mass is 35.5. The molecule has 0 bridgehead atoms. The van der Waals surface area contributed by atoms with Crippen LogP contribution < -0.4 is 37.9 Å². The van der Waals surface area contributed by atoms with Gasteiger partial charge in [0.15, 0.2) is 5.78 Å². The van der Waals surface area contributed by atoms with Crippen molar-refractivity contribution < 1.29 is 46.1 Å². The number of benzene rings is 3. The van der Waals surface area contributed by atoms with Crippen LogP contribution in [0.2, 0.25) is 0 Å². The highest BCUT2D eigenvalue weighted by Crippen LogP contribution is 2.59. The van der Waals surface area contributed by atoms with Crippen LogP contribution in [-0.4, -0.2) is 22.8 Å². The largest absolute Gasteiger partial charge is 1.00 e. The Labute approximate surface area is 208 Å². The molecule has 3 rings (SSSR count). The second-order valence-electron chi connectivity index (χ2n) is 7.29. The molecule has 0 aliphatic carbocycles. The number of carbonyl (C=O) groups is 2. The van der Waals surface area contributed by atoms with E-state index < -0.39 is 25.3 Å². The summed E-state index contributed by atoms with van der Waals surface area (Å²) in [6.45, 7) is 0. The molecule has 0 aromatic heterocycles. The lowest BCUT2D eigenvalue weighted by molar-refractivity contribution is -0.138. The van der Waals surface area contributed by atoms with E-state index in [-0.39, 0.29) is 42.6 Å². The first-order chi connectivity index (χ1) is 16.3. The Kier molecular flexibility index (Phi) is 9.87. The minimum absolute atomic E-state index is 0. The van der Waals surface area contributed by atoms with Crippen molar-refractivity contribution >= 4 is 25.3 Å². The number of rotatable bonds is 11. The Balaban J connectivity index is 0.00000432. The van der Waals surface area contributed by atoms with Gasteiger partial charge >= 0.3 is 13.6 Å². The van der Waals surface area contributed by atoms with Gasteiger partial charge in [0, 0.05) is 6.42 Å². The number of hydrogen-bond acceptors (Lipinski definition) is 5. The highest BCUT2D eigenvalue weighted by Gasteiger charge is 2.42. The molecule has 11 heteroatoms. The van der Waals surface area contributed by atoms with Gasteiger partial charge < -0.3 is 31.9 Å². The van der Waals surface area contributed by atoms with Crippen molar-refractivity contribution in [1.29, 1.82) is 0 Å². The van der Waals surface area contributed by atoms with Crippen LogP contribution >= 0.6 is 7.60 Å². The summed E-state index contributed by atoms with van der Waals surface area (Å²) in [7, 11) is -4.18. The van der Waals surface area contributed by atoms with Gasteiger partial charge in [0.05, 0.1) is 12.0 Å². The first-order valence-corrected chi connectivity index (χ1v) is 12.0. The monoisotopic (exact) mass is 517 g/mol. The van der Waals surface area contributed by atoms with E-state index in [0.717, 1.165) is 0 Å². The summed E-state index contributed by atoms with van der Waals surface area (Å²) in [6, 6.07) is 23.2. The van der Waals surface area contributed by atoms with Gasteiger partial charge in [-0.05, 0) is 42.0 Å². The van der Waals surface area contributed by atoms with Crippen LogP contribution in [-0.2, 0) is 14.2 Å². The first kappa shape index (κ1) is 27.4. The van der Waals surface area contributed by atoms with Crippen molar-refractivity contribution in [2.45, 2.75) is 18.6 Å². The van der Waals surface area contributed by atoms with Gasteiger partial charge in [0.1, 0.15) is 11.5 Å². The van der Waals surface area contributed by atoms with Crippen LogP contribution in [0.15, 0.2) is 84.9 Å². The Morgan fingerprint density at radius 3 is 1.80 bits per heavy atom. The number of carbonyl (C=O) groups excluding carboxylic acids is 1. The van der Waals surface area contributed by atoms with Gasteiger partial charge in [0.25, 0.3) is 5.84 Å². The minimum atomic E-state index is -4.18. The minimum Gasteiger partial charge on any atom is -1.00 e. The molecule has 6 N–H and O–H groups in total. The fourth-order valence-corrected chi connectivity index (χ4v) is 4.95. The highest BCUT2D eigenvalue weighted by molar-refractivity contribution is 7.55. The molecule has 0 aliphatic rings. The fourth-order valence-electron chi connectivity index (χ4n) is 3.03. The zero-order valence-corrected chi connectivity index (χ0v) is 20.2. The Morgan fingerprint density at radius 2 is 1.37 bits per heavy atom. The van der Waals surface area contributed by atoms with Crippen LogP contribution in [0.3, 0.4) is 0 Å². The second-order valence-corrected chi connectivity index (χ2v) is 9.25. The van der Waals surface area contributed by atoms with Crippen molar-refractivity contribution in [1.82, 2.24) is 5.32 Å². The normalized spacial score (nSPS) is 11.4. The Hall–Kier alpha value is -3.81. The molecule has 0 saturated heterocycles. The van der Waals surface area contributed by atoms with Gasteiger partial charge in [0.2, 0.25) is 5.91 Å². The van der Waals surface area contributed by atoms with Gasteiger partial charge in [-0.1, -0.05) is 48.5 Å². The number of carboxylic acids is 1. The summed E-state index contributed by atoms with van der Waals surface area (Å²) in [6.07, 6.45) is -0.705. The van der Waals surface area contributed by atoms with Crippen molar-refractivity contribution in [3.63, 3.8) is 0 Å². The standard InChI is InChI=1S/C24H24N3O6P.ClH/c25-23(26)17-11-13-18(14-12-17)24(27-21(28)15-16-22(29)30)34(31,32-19-7-3-1-4-8-19)33-20-9-5-2-6-10-20;/h1-14,24H,15-16H2,(H3,25,26)(H,27,28)(H,29,30);1H. The lowest BCUT2D eigenvalue weighted by atomic mass is 10.1. The smallest absolute Gasteiger partial charge is 0.457 e. The van der Waals surface area contributed by atoms with E-state index >= 15 is 0 Å².